The quantitative estimate of drug-likeness (QED) is 0.898. The molecule has 1 aromatic rings. The summed E-state index contributed by atoms with van der Waals surface area (Å²) in [7, 11) is 0. The zero-order valence-electron chi connectivity index (χ0n) is 13.3. The number of carbonyl (C=O) groups excluding carboxylic acids is 2. The predicted molar refractivity (Wildman–Crippen MR) is 85.0 cm³/mol. The Hall–Kier alpha value is -2.08. The summed E-state index contributed by atoms with van der Waals surface area (Å²) in [6.45, 7) is 7.46. The molecule has 0 unspecified atom stereocenters. The van der Waals surface area contributed by atoms with Crippen LogP contribution in [0.25, 0.3) is 0 Å². The molecule has 3 amide bonds. The number of urea groups is 1. The van der Waals surface area contributed by atoms with Crippen LogP contribution >= 0.6 is 0 Å². The maximum Gasteiger partial charge on any atom is 0.322 e. The van der Waals surface area contributed by atoms with Crippen LogP contribution in [0, 0.1) is 0 Å². The third-order valence-electron chi connectivity index (χ3n) is 3.42. The predicted octanol–water partition coefficient (Wildman–Crippen LogP) is 2.08. The van der Waals surface area contributed by atoms with Crippen molar-refractivity contribution in [2.24, 2.45) is 0 Å². The number of hydrogen-bond acceptors (Lipinski definition) is 3. The van der Waals surface area contributed by atoms with Crippen LogP contribution in [0.5, 0.6) is 0 Å². The van der Waals surface area contributed by atoms with Gasteiger partial charge < -0.3 is 20.3 Å². The van der Waals surface area contributed by atoms with E-state index in [2.05, 4.69) is 10.6 Å². The molecule has 0 aliphatic carbocycles. The maximum atomic E-state index is 12.3. The number of nitrogens with one attached hydrogen (secondary N) is 2. The van der Waals surface area contributed by atoms with Gasteiger partial charge in [-0.2, -0.15) is 0 Å². The Balaban J connectivity index is 2.02. The lowest BCUT2D eigenvalue weighted by Crippen LogP contribution is -2.49. The molecule has 22 heavy (non-hydrogen) atoms. The van der Waals surface area contributed by atoms with Gasteiger partial charge in [-0.15, -0.1) is 0 Å². The summed E-state index contributed by atoms with van der Waals surface area (Å²) in [4.78, 5) is 25.9. The van der Waals surface area contributed by atoms with Crippen molar-refractivity contribution in [3.63, 3.8) is 0 Å². The van der Waals surface area contributed by atoms with Crippen molar-refractivity contribution >= 4 is 17.6 Å². The normalized spacial score (nSPS) is 21.3. The van der Waals surface area contributed by atoms with Crippen molar-refractivity contribution in [1.29, 1.82) is 0 Å². The zero-order valence-corrected chi connectivity index (χ0v) is 13.3. The Bertz CT molecular complexity index is 537. The monoisotopic (exact) mass is 305 g/mol. The van der Waals surface area contributed by atoms with Gasteiger partial charge in [0.2, 0.25) is 0 Å². The first kappa shape index (κ1) is 16.3. The average Bonchev–Trinajstić information content (AvgIpc) is 2.46. The van der Waals surface area contributed by atoms with E-state index in [1.165, 1.54) is 0 Å². The molecule has 2 rings (SSSR count). The number of morpholine rings is 1. The van der Waals surface area contributed by atoms with Crippen LogP contribution in [-0.4, -0.2) is 48.7 Å². The number of anilines is 1. The van der Waals surface area contributed by atoms with Crippen molar-refractivity contribution in [3.05, 3.63) is 29.8 Å². The number of nitrogens with zero attached hydrogens (tertiary/aromatic N) is 1. The molecule has 0 aromatic heterocycles. The first-order chi connectivity index (χ1) is 10.5. The molecule has 1 aliphatic rings. The van der Waals surface area contributed by atoms with E-state index < -0.39 is 0 Å². The second-order valence-electron chi connectivity index (χ2n) is 5.53. The van der Waals surface area contributed by atoms with Crippen LogP contribution in [0.3, 0.4) is 0 Å². The third-order valence-corrected chi connectivity index (χ3v) is 3.42. The fourth-order valence-corrected chi connectivity index (χ4v) is 2.55. The van der Waals surface area contributed by atoms with Gasteiger partial charge in [-0.25, -0.2) is 4.79 Å². The van der Waals surface area contributed by atoms with Crippen molar-refractivity contribution < 1.29 is 14.3 Å². The van der Waals surface area contributed by atoms with Crippen molar-refractivity contribution in [2.75, 3.05) is 25.0 Å². The summed E-state index contributed by atoms with van der Waals surface area (Å²) in [5.74, 6) is -0.146. The Morgan fingerprint density at radius 2 is 1.95 bits per heavy atom. The number of carbonyl (C=O) groups is 2. The van der Waals surface area contributed by atoms with Gasteiger partial charge in [0.1, 0.15) is 0 Å². The lowest BCUT2D eigenvalue weighted by atomic mass is 10.2. The largest absolute Gasteiger partial charge is 0.372 e. The number of amides is 3. The molecule has 0 saturated carbocycles. The summed E-state index contributed by atoms with van der Waals surface area (Å²) < 4.78 is 5.62. The average molecular weight is 305 g/mol. The lowest BCUT2D eigenvalue weighted by Gasteiger charge is -2.35. The van der Waals surface area contributed by atoms with Crippen molar-refractivity contribution in [3.8, 4) is 0 Å². The van der Waals surface area contributed by atoms with Crippen molar-refractivity contribution in [2.45, 2.75) is 33.0 Å². The molecular weight excluding hydrogens is 282 g/mol. The molecule has 0 radical (unpaired) electrons. The highest BCUT2D eigenvalue weighted by atomic mass is 16.5. The van der Waals surface area contributed by atoms with Gasteiger partial charge >= 0.3 is 6.03 Å². The Kier molecular flexibility index (Phi) is 5.38. The second-order valence-corrected chi connectivity index (χ2v) is 5.53. The van der Waals surface area contributed by atoms with Gasteiger partial charge in [0, 0.05) is 30.9 Å². The molecule has 0 spiro atoms. The number of benzene rings is 1. The summed E-state index contributed by atoms with van der Waals surface area (Å²) in [6.07, 6.45) is 0.0485. The van der Waals surface area contributed by atoms with Gasteiger partial charge in [0.05, 0.1) is 12.2 Å². The van der Waals surface area contributed by atoms with Crippen LogP contribution < -0.4 is 10.6 Å². The molecule has 2 atom stereocenters. The molecule has 0 bridgehead atoms. The molecule has 1 heterocycles. The molecule has 1 aliphatic heterocycles. The lowest BCUT2D eigenvalue weighted by molar-refractivity contribution is -0.0530. The minimum Gasteiger partial charge on any atom is -0.372 e. The van der Waals surface area contributed by atoms with Gasteiger partial charge in [-0.1, -0.05) is 6.07 Å². The van der Waals surface area contributed by atoms with Gasteiger partial charge in [-0.05, 0) is 39.0 Å². The summed E-state index contributed by atoms with van der Waals surface area (Å²) in [5, 5.41) is 5.58. The maximum absolute atomic E-state index is 12.3. The van der Waals surface area contributed by atoms with Gasteiger partial charge in [0.25, 0.3) is 5.91 Å². The Labute approximate surface area is 130 Å². The van der Waals surface area contributed by atoms with E-state index in [-0.39, 0.29) is 24.1 Å². The molecular formula is C16H23N3O3. The molecule has 2 N–H and O–H groups in total. The minimum absolute atomic E-state index is 0.0242. The van der Waals surface area contributed by atoms with Crippen LogP contribution in [0.1, 0.15) is 31.1 Å². The summed E-state index contributed by atoms with van der Waals surface area (Å²) in [5.41, 5.74) is 1.14. The highest BCUT2D eigenvalue weighted by Gasteiger charge is 2.25. The third kappa shape index (κ3) is 4.21. The fraction of sp³-hybridized carbons (Fsp3) is 0.500. The number of ether oxygens (including phenoxy) is 1. The SMILES string of the molecule is CCNC(=O)c1cccc(NC(=O)N2C[C@@H](C)O[C@H](C)C2)c1. The number of hydrogen-bond donors (Lipinski definition) is 2. The first-order valence-electron chi connectivity index (χ1n) is 7.59. The highest BCUT2D eigenvalue weighted by Crippen LogP contribution is 2.15. The van der Waals surface area contributed by atoms with Crippen LogP contribution in [-0.2, 0) is 4.74 Å². The summed E-state index contributed by atoms with van der Waals surface area (Å²) in [6, 6.07) is 6.75. The summed E-state index contributed by atoms with van der Waals surface area (Å²) >= 11 is 0. The van der Waals surface area contributed by atoms with E-state index >= 15 is 0 Å². The van der Waals surface area contributed by atoms with Gasteiger partial charge in [-0.3, -0.25) is 4.79 Å². The smallest absolute Gasteiger partial charge is 0.322 e. The van der Waals surface area contributed by atoms with E-state index in [4.69, 9.17) is 4.74 Å². The second kappa shape index (κ2) is 7.26. The van der Waals surface area contributed by atoms with Crippen LogP contribution in [0.2, 0.25) is 0 Å². The Morgan fingerprint density at radius 3 is 2.59 bits per heavy atom. The minimum atomic E-state index is -0.171. The van der Waals surface area contributed by atoms with Crippen LogP contribution in [0.15, 0.2) is 24.3 Å². The van der Waals surface area contributed by atoms with Gasteiger partial charge in [0.15, 0.2) is 0 Å². The highest BCUT2D eigenvalue weighted by molar-refractivity contribution is 5.96. The molecule has 1 fully saturated rings. The van der Waals surface area contributed by atoms with Crippen LogP contribution in [0.4, 0.5) is 10.5 Å². The fourth-order valence-electron chi connectivity index (χ4n) is 2.55. The first-order valence-corrected chi connectivity index (χ1v) is 7.59. The van der Waals surface area contributed by atoms with Crippen molar-refractivity contribution in [1.82, 2.24) is 10.2 Å². The Morgan fingerprint density at radius 1 is 1.27 bits per heavy atom. The standard InChI is InChI=1S/C16H23N3O3/c1-4-17-15(20)13-6-5-7-14(8-13)18-16(21)19-9-11(2)22-12(3)10-19/h5-8,11-12H,4,9-10H2,1-3H3,(H,17,20)(H,18,21)/t11-,12-/m1/s1. The topological polar surface area (TPSA) is 70.7 Å². The molecule has 120 valence electrons. The molecule has 6 heteroatoms. The molecule has 1 aromatic carbocycles. The van der Waals surface area contributed by atoms with E-state index in [0.717, 1.165) is 0 Å². The van der Waals surface area contributed by atoms with E-state index in [0.29, 0.717) is 30.9 Å². The van der Waals surface area contributed by atoms with E-state index in [1.807, 2.05) is 20.8 Å². The van der Waals surface area contributed by atoms with E-state index in [9.17, 15) is 9.59 Å². The molecule has 6 nitrogen and oxygen atoms in total. The zero-order chi connectivity index (χ0) is 16.1. The molecule has 1 saturated heterocycles. The van der Waals surface area contributed by atoms with E-state index in [1.54, 1.807) is 29.2 Å². The number of rotatable bonds is 3.